The lowest BCUT2D eigenvalue weighted by Gasteiger charge is -2.13. The van der Waals surface area contributed by atoms with Crippen molar-refractivity contribution in [1.29, 1.82) is 0 Å². The SMILES string of the molecule is c1ccc2cc(-c3nc4ccccc4nc3-c3ccc(-n4c5ccc6ccccc6c5c5c6ccccc6ccc54)cc3)ccc2c1. The van der Waals surface area contributed by atoms with Crippen LogP contribution in [0.25, 0.3) is 93.4 Å². The van der Waals surface area contributed by atoms with E-state index in [0.29, 0.717) is 0 Å². The summed E-state index contributed by atoms with van der Waals surface area (Å²) in [5.74, 6) is 0. The van der Waals surface area contributed by atoms with Crippen molar-refractivity contribution < 1.29 is 0 Å². The first-order chi connectivity index (χ1) is 23.3. The number of aromatic nitrogens is 3. The molecule has 0 bridgehead atoms. The van der Waals surface area contributed by atoms with Crippen LogP contribution in [-0.4, -0.2) is 14.5 Å². The lowest BCUT2D eigenvalue weighted by molar-refractivity contribution is 1.18. The van der Waals surface area contributed by atoms with E-state index in [9.17, 15) is 0 Å². The van der Waals surface area contributed by atoms with Gasteiger partial charge in [0.25, 0.3) is 0 Å². The molecule has 0 radical (unpaired) electrons. The highest BCUT2D eigenvalue weighted by molar-refractivity contribution is 6.28. The Morgan fingerprint density at radius 3 is 1.45 bits per heavy atom. The van der Waals surface area contributed by atoms with Gasteiger partial charge in [0.1, 0.15) is 0 Å². The highest BCUT2D eigenvalue weighted by Crippen LogP contribution is 2.41. The first kappa shape index (κ1) is 26.0. The normalized spacial score (nSPS) is 11.8. The van der Waals surface area contributed by atoms with Gasteiger partial charge >= 0.3 is 0 Å². The van der Waals surface area contributed by atoms with Crippen molar-refractivity contribution in [1.82, 2.24) is 14.5 Å². The average Bonchev–Trinajstić information content (AvgIpc) is 3.49. The van der Waals surface area contributed by atoms with Crippen LogP contribution in [0.3, 0.4) is 0 Å². The predicted molar refractivity (Wildman–Crippen MR) is 197 cm³/mol. The number of hydrogen-bond acceptors (Lipinski definition) is 2. The maximum Gasteiger partial charge on any atom is 0.0973 e. The van der Waals surface area contributed by atoms with E-state index in [1.165, 1.54) is 54.1 Å². The van der Waals surface area contributed by atoms with E-state index in [2.05, 4.69) is 144 Å². The summed E-state index contributed by atoms with van der Waals surface area (Å²) in [6.45, 7) is 0. The molecule has 0 atom stereocenters. The molecule has 0 unspecified atom stereocenters. The van der Waals surface area contributed by atoms with Crippen LogP contribution >= 0.6 is 0 Å². The maximum atomic E-state index is 5.19. The summed E-state index contributed by atoms with van der Waals surface area (Å²) in [4.78, 5) is 10.4. The van der Waals surface area contributed by atoms with E-state index in [1.807, 2.05) is 24.3 Å². The van der Waals surface area contributed by atoms with Gasteiger partial charge < -0.3 is 4.57 Å². The van der Waals surface area contributed by atoms with Crippen molar-refractivity contribution in [3.63, 3.8) is 0 Å². The Morgan fingerprint density at radius 1 is 0.362 bits per heavy atom. The third kappa shape index (κ3) is 4.00. The van der Waals surface area contributed by atoms with Crippen molar-refractivity contribution >= 4 is 65.2 Å². The molecule has 3 heteroatoms. The van der Waals surface area contributed by atoms with E-state index in [-0.39, 0.29) is 0 Å². The summed E-state index contributed by atoms with van der Waals surface area (Å²) >= 11 is 0. The number of benzene rings is 8. The highest BCUT2D eigenvalue weighted by atomic mass is 15.0. The average molecular weight is 598 g/mol. The van der Waals surface area contributed by atoms with Gasteiger partial charge in [0.05, 0.1) is 33.5 Å². The van der Waals surface area contributed by atoms with Crippen LogP contribution in [0.4, 0.5) is 0 Å². The second-order valence-corrected chi connectivity index (χ2v) is 12.2. The largest absolute Gasteiger partial charge is 0.309 e. The van der Waals surface area contributed by atoms with Crippen molar-refractivity contribution in [2.24, 2.45) is 0 Å². The predicted octanol–water partition coefficient (Wildman–Crippen LogP) is 11.5. The number of rotatable bonds is 3. The van der Waals surface area contributed by atoms with Gasteiger partial charge in [-0.25, -0.2) is 9.97 Å². The van der Waals surface area contributed by atoms with Crippen LogP contribution in [0, 0.1) is 0 Å². The van der Waals surface area contributed by atoms with E-state index >= 15 is 0 Å². The molecule has 0 fully saturated rings. The summed E-state index contributed by atoms with van der Waals surface area (Å²) in [6.07, 6.45) is 0. The van der Waals surface area contributed by atoms with Gasteiger partial charge in [-0.1, -0.05) is 121 Å². The van der Waals surface area contributed by atoms with Gasteiger partial charge in [0.2, 0.25) is 0 Å². The molecule has 0 saturated heterocycles. The molecule has 0 amide bonds. The molecule has 47 heavy (non-hydrogen) atoms. The standard InChI is InChI=1S/C44H27N3/c1-2-12-32-27-33(18-17-28(32)9-1)44-43(45-37-15-7-8-16-38(37)46-44)31-19-23-34(24-20-31)47-39-25-21-29-10-3-5-13-35(29)41(39)42-36-14-6-4-11-30(36)22-26-40(42)47/h1-27H. The number of hydrogen-bond donors (Lipinski definition) is 0. The fourth-order valence-corrected chi connectivity index (χ4v) is 7.33. The van der Waals surface area contributed by atoms with Crippen molar-refractivity contribution in [3.05, 3.63) is 164 Å². The van der Waals surface area contributed by atoms with Crippen LogP contribution in [0.2, 0.25) is 0 Å². The van der Waals surface area contributed by atoms with Crippen molar-refractivity contribution in [3.8, 4) is 28.2 Å². The lowest BCUT2D eigenvalue weighted by Crippen LogP contribution is -1.97. The molecule has 0 aliphatic carbocycles. The lowest BCUT2D eigenvalue weighted by atomic mass is 10.00. The molecule has 218 valence electrons. The Balaban J connectivity index is 1.20. The van der Waals surface area contributed by atoms with E-state index in [4.69, 9.17) is 9.97 Å². The Hall–Kier alpha value is -6.32. The summed E-state index contributed by atoms with van der Waals surface area (Å²) in [5, 5.41) is 10.0. The molecular formula is C44H27N3. The minimum atomic E-state index is 0.879. The Labute approximate surface area is 271 Å². The number of para-hydroxylation sites is 2. The zero-order chi connectivity index (χ0) is 30.9. The molecule has 10 aromatic rings. The van der Waals surface area contributed by atoms with Crippen molar-refractivity contribution in [2.45, 2.75) is 0 Å². The molecular weight excluding hydrogens is 571 g/mol. The zero-order valence-corrected chi connectivity index (χ0v) is 25.4. The van der Waals surface area contributed by atoms with Gasteiger partial charge in [0.15, 0.2) is 0 Å². The third-order valence-corrected chi connectivity index (χ3v) is 9.54. The molecule has 10 rings (SSSR count). The monoisotopic (exact) mass is 597 g/mol. The van der Waals surface area contributed by atoms with Crippen LogP contribution in [0.5, 0.6) is 0 Å². The molecule has 0 saturated carbocycles. The molecule has 0 aliphatic heterocycles. The smallest absolute Gasteiger partial charge is 0.0973 e. The van der Waals surface area contributed by atoms with E-state index < -0.39 is 0 Å². The highest BCUT2D eigenvalue weighted by Gasteiger charge is 2.18. The van der Waals surface area contributed by atoms with Crippen molar-refractivity contribution in [2.75, 3.05) is 0 Å². The first-order valence-electron chi connectivity index (χ1n) is 16.0. The fourth-order valence-electron chi connectivity index (χ4n) is 7.33. The molecule has 2 aromatic heterocycles. The van der Waals surface area contributed by atoms with Gasteiger partial charge in [-0.3, -0.25) is 0 Å². The third-order valence-electron chi connectivity index (χ3n) is 9.54. The van der Waals surface area contributed by atoms with Crippen LogP contribution in [-0.2, 0) is 0 Å². The van der Waals surface area contributed by atoms with Crippen LogP contribution in [0.1, 0.15) is 0 Å². The Kier molecular flexibility index (Phi) is 5.57. The fraction of sp³-hybridized carbons (Fsp3) is 0. The number of nitrogens with zero attached hydrogens (tertiary/aromatic N) is 3. The summed E-state index contributed by atoms with van der Waals surface area (Å²) in [5.41, 5.74) is 9.14. The maximum absolute atomic E-state index is 5.19. The minimum Gasteiger partial charge on any atom is -0.309 e. The minimum absolute atomic E-state index is 0.879. The van der Waals surface area contributed by atoms with Crippen LogP contribution < -0.4 is 0 Å². The topological polar surface area (TPSA) is 30.7 Å². The van der Waals surface area contributed by atoms with E-state index in [0.717, 1.165) is 39.2 Å². The first-order valence-corrected chi connectivity index (χ1v) is 16.0. The molecule has 3 nitrogen and oxygen atoms in total. The van der Waals surface area contributed by atoms with E-state index in [1.54, 1.807) is 0 Å². The Morgan fingerprint density at radius 2 is 0.830 bits per heavy atom. The Bertz CT molecular complexity index is 2750. The number of fused-ring (bicyclic) bond motifs is 9. The molecule has 0 aliphatic rings. The van der Waals surface area contributed by atoms with Gasteiger partial charge in [-0.2, -0.15) is 0 Å². The summed E-state index contributed by atoms with van der Waals surface area (Å²) < 4.78 is 2.41. The molecule has 0 spiro atoms. The quantitative estimate of drug-likeness (QED) is 0.203. The molecule has 8 aromatic carbocycles. The zero-order valence-electron chi connectivity index (χ0n) is 25.4. The van der Waals surface area contributed by atoms with Crippen LogP contribution in [0.15, 0.2) is 164 Å². The van der Waals surface area contributed by atoms with Gasteiger partial charge in [0, 0.05) is 27.6 Å². The van der Waals surface area contributed by atoms with Gasteiger partial charge in [-0.05, 0) is 74.8 Å². The van der Waals surface area contributed by atoms with Gasteiger partial charge in [-0.15, -0.1) is 0 Å². The second-order valence-electron chi connectivity index (χ2n) is 12.2. The molecule has 0 N–H and O–H groups in total. The molecule has 2 heterocycles. The second kappa shape index (κ2) is 10.1. The summed E-state index contributed by atoms with van der Waals surface area (Å²) in [7, 11) is 0. The summed E-state index contributed by atoms with van der Waals surface area (Å²) in [6, 6.07) is 58.4.